The van der Waals surface area contributed by atoms with Crippen LogP contribution in [0.5, 0.6) is 0 Å². The molecule has 1 amide bonds. The van der Waals surface area contributed by atoms with Gasteiger partial charge in [-0.3, -0.25) is 4.79 Å². The molecule has 2 aliphatic rings. The number of nitrogens with one attached hydrogen (secondary N) is 1. The molecule has 0 bridgehead atoms. The van der Waals surface area contributed by atoms with E-state index >= 15 is 0 Å². The molecular formula is C23H27N3O3S. The highest BCUT2D eigenvalue weighted by Crippen LogP contribution is 2.31. The van der Waals surface area contributed by atoms with Crippen molar-refractivity contribution in [2.75, 3.05) is 13.1 Å². The van der Waals surface area contributed by atoms with E-state index in [1.807, 2.05) is 6.07 Å². The molecule has 7 heteroatoms. The van der Waals surface area contributed by atoms with Crippen LogP contribution in [0.1, 0.15) is 60.4 Å². The zero-order valence-corrected chi connectivity index (χ0v) is 17.8. The molecule has 0 radical (unpaired) electrons. The van der Waals surface area contributed by atoms with Crippen LogP contribution in [0, 0.1) is 0 Å². The van der Waals surface area contributed by atoms with E-state index < -0.39 is 10.0 Å². The van der Waals surface area contributed by atoms with Crippen molar-refractivity contribution in [1.82, 2.24) is 9.73 Å². The van der Waals surface area contributed by atoms with Crippen molar-refractivity contribution in [1.29, 1.82) is 0 Å². The third kappa shape index (κ3) is 4.63. The molecule has 1 saturated heterocycles. The molecule has 2 aromatic carbocycles. The minimum atomic E-state index is -3.46. The van der Waals surface area contributed by atoms with Gasteiger partial charge in [-0.1, -0.05) is 30.3 Å². The predicted octanol–water partition coefficient (Wildman–Crippen LogP) is 3.91. The number of hydrogen-bond acceptors (Lipinski definition) is 4. The monoisotopic (exact) mass is 425 g/mol. The number of carbonyl (C=O) groups excluding carboxylic acids is 1. The normalized spacial score (nSPS) is 20.1. The molecule has 6 nitrogen and oxygen atoms in total. The summed E-state index contributed by atoms with van der Waals surface area (Å²) in [6.45, 7) is 1.13. The van der Waals surface area contributed by atoms with Crippen LogP contribution < -0.4 is 5.43 Å². The number of nitrogens with zero attached hydrogens (tertiary/aromatic N) is 2. The van der Waals surface area contributed by atoms with Gasteiger partial charge in [-0.2, -0.15) is 9.41 Å². The van der Waals surface area contributed by atoms with Crippen molar-refractivity contribution in [3.63, 3.8) is 0 Å². The first kappa shape index (κ1) is 20.8. The van der Waals surface area contributed by atoms with E-state index in [0.717, 1.165) is 44.2 Å². The summed E-state index contributed by atoms with van der Waals surface area (Å²) in [5, 5.41) is 4.31. The zero-order chi connectivity index (χ0) is 21.0. The minimum Gasteiger partial charge on any atom is -0.267 e. The van der Waals surface area contributed by atoms with Crippen LogP contribution in [-0.4, -0.2) is 37.4 Å². The minimum absolute atomic E-state index is 0.228. The largest absolute Gasteiger partial charge is 0.271 e. The third-order valence-electron chi connectivity index (χ3n) is 5.97. The average Bonchev–Trinajstić information content (AvgIpc) is 3.34. The maximum absolute atomic E-state index is 12.6. The number of benzene rings is 2. The first-order chi connectivity index (χ1) is 14.5. The summed E-state index contributed by atoms with van der Waals surface area (Å²) in [6, 6.07) is 16.6. The Labute approximate surface area is 178 Å². The van der Waals surface area contributed by atoms with Gasteiger partial charge in [0.25, 0.3) is 5.91 Å². The number of carbonyl (C=O) groups is 1. The molecule has 158 valence electrons. The molecule has 1 aliphatic heterocycles. The van der Waals surface area contributed by atoms with Crippen LogP contribution in [0.25, 0.3) is 0 Å². The molecule has 1 N–H and O–H groups in total. The van der Waals surface area contributed by atoms with Crippen LogP contribution in [0.15, 0.2) is 64.6 Å². The van der Waals surface area contributed by atoms with Gasteiger partial charge in [0.1, 0.15) is 0 Å². The Morgan fingerprint density at radius 1 is 0.933 bits per heavy atom. The zero-order valence-electron chi connectivity index (χ0n) is 17.0. The standard InChI is InChI=1S/C23H27N3O3S/c27-23(20-10-14-22(15-11-20)30(28,29)26-16-4-5-17-26)25-24-21-12-8-19(9-13-21)18-6-2-1-3-7-18/h1-3,6-7,10-11,14-15,19H,4-5,8-9,12-13,16-17H2,(H,25,27). The Morgan fingerprint density at radius 2 is 1.57 bits per heavy atom. The Balaban J connectivity index is 1.33. The molecule has 0 unspecified atom stereocenters. The molecule has 1 aliphatic carbocycles. The van der Waals surface area contributed by atoms with Gasteiger partial charge in [-0.15, -0.1) is 0 Å². The highest BCUT2D eigenvalue weighted by molar-refractivity contribution is 7.89. The molecule has 4 rings (SSSR count). The summed E-state index contributed by atoms with van der Waals surface area (Å²) < 4.78 is 26.7. The van der Waals surface area contributed by atoms with E-state index in [9.17, 15) is 13.2 Å². The lowest BCUT2D eigenvalue weighted by Gasteiger charge is -2.23. The molecule has 2 aromatic rings. The fourth-order valence-electron chi connectivity index (χ4n) is 4.17. The fraction of sp³-hybridized carbons (Fsp3) is 0.391. The fourth-order valence-corrected chi connectivity index (χ4v) is 5.69. The summed E-state index contributed by atoms with van der Waals surface area (Å²) in [5.41, 5.74) is 5.40. The van der Waals surface area contributed by atoms with Gasteiger partial charge in [-0.25, -0.2) is 13.8 Å². The highest BCUT2D eigenvalue weighted by atomic mass is 32.2. The SMILES string of the molecule is O=C(NN=C1CCC(c2ccccc2)CC1)c1ccc(S(=O)(=O)N2CCCC2)cc1. The van der Waals surface area contributed by atoms with E-state index in [4.69, 9.17) is 0 Å². The second kappa shape index (κ2) is 9.10. The third-order valence-corrected chi connectivity index (χ3v) is 7.88. The summed E-state index contributed by atoms with van der Waals surface area (Å²) in [6.07, 6.45) is 5.58. The topological polar surface area (TPSA) is 78.8 Å². The van der Waals surface area contributed by atoms with Crippen LogP contribution >= 0.6 is 0 Å². The van der Waals surface area contributed by atoms with E-state index in [1.165, 1.54) is 22.0 Å². The Morgan fingerprint density at radius 3 is 2.20 bits per heavy atom. The van der Waals surface area contributed by atoms with E-state index in [-0.39, 0.29) is 10.8 Å². The number of amides is 1. The second-order valence-electron chi connectivity index (χ2n) is 7.94. The lowest BCUT2D eigenvalue weighted by molar-refractivity contribution is 0.0954. The number of rotatable bonds is 5. The second-order valence-corrected chi connectivity index (χ2v) is 9.88. The molecule has 2 fully saturated rings. The molecule has 1 heterocycles. The molecule has 0 atom stereocenters. The molecule has 0 aromatic heterocycles. The van der Waals surface area contributed by atoms with E-state index in [0.29, 0.717) is 24.6 Å². The van der Waals surface area contributed by atoms with Crippen molar-refractivity contribution >= 4 is 21.6 Å². The van der Waals surface area contributed by atoms with Gasteiger partial charge >= 0.3 is 0 Å². The first-order valence-corrected chi connectivity index (χ1v) is 12.0. The first-order valence-electron chi connectivity index (χ1n) is 10.5. The summed E-state index contributed by atoms with van der Waals surface area (Å²) in [4.78, 5) is 12.6. The van der Waals surface area contributed by atoms with Crippen molar-refractivity contribution < 1.29 is 13.2 Å². The van der Waals surface area contributed by atoms with Gasteiger partial charge in [-0.05, 0) is 74.3 Å². The van der Waals surface area contributed by atoms with E-state index in [2.05, 4.69) is 34.8 Å². The summed E-state index contributed by atoms with van der Waals surface area (Å²) in [7, 11) is -3.46. The van der Waals surface area contributed by atoms with Gasteiger partial charge < -0.3 is 0 Å². The van der Waals surface area contributed by atoms with Gasteiger partial charge in [0.05, 0.1) is 4.90 Å². The Bertz CT molecular complexity index is 1000. The van der Waals surface area contributed by atoms with Crippen LogP contribution in [0.4, 0.5) is 0 Å². The Kier molecular flexibility index (Phi) is 6.29. The molecule has 0 spiro atoms. The summed E-state index contributed by atoms with van der Waals surface area (Å²) in [5.74, 6) is 0.226. The smallest absolute Gasteiger partial charge is 0.267 e. The van der Waals surface area contributed by atoms with Gasteiger partial charge in [0.15, 0.2) is 0 Å². The van der Waals surface area contributed by atoms with Gasteiger partial charge in [0.2, 0.25) is 10.0 Å². The van der Waals surface area contributed by atoms with Crippen LogP contribution in [0.3, 0.4) is 0 Å². The van der Waals surface area contributed by atoms with Crippen molar-refractivity contribution in [2.24, 2.45) is 5.10 Å². The maximum atomic E-state index is 12.6. The lowest BCUT2D eigenvalue weighted by atomic mass is 9.83. The molecule has 1 saturated carbocycles. The Hall–Kier alpha value is -2.51. The van der Waals surface area contributed by atoms with Gasteiger partial charge in [0, 0.05) is 24.4 Å². The van der Waals surface area contributed by atoms with Crippen molar-refractivity contribution in [3.05, 3.63) is 65.7 Å². The maximum Gasteiger partial charge on any atom is 0.271 e. The summed E-state index contributed by atoms with van der Waals surface area (Å²) >= 11 is 0. The lowest BCUT2D eigenvalue weighted by Crippen LogP contribution is -2.28. The quantitative estimate of drug-likeness (QED) is 0.738. The van der Waals surface area contributed by atoms with Crippen molar-refractivity contribution in [3.8, 4) is 0 Å². The molecule has 30 heavy (non-hydrogen) atoms. The average molecular weight is 426 g/mol. The predicted molar refractivity (Wildman–Crippen MR) is 117 cm³/mol. The molecular weight excluding hydrogens is 398 g/mol. The number of sulfonamides is 1. The number of hydrazone groups is 1. The van der Waals surface area contributed by atoms with E-state index in [1.54, 1.807) is 12.1 Å². The highest BCUT2D eigenvalue weighted by Gasteiger charge is 2.27. The van der Waals surface area contributed by atoms with Crippen molar-refractivity contribution in [2.45, 2.75) is 49.3 Å². The number of hydrogen-bond donors (Lipinski definition) is 1. The van der Waals surface area contributed by atoms with Crippen LogP contribution in [-0.2, 0) is 10.0 Å². The van der Waals surface area contributed by atoms with Crippen LogP contribution in [0.2, 0.25) is 0 Å².